The van der Waals surface area contributed by atoms with E-state index in [1.54, 1.807) is 11.3 Å². The molecule has 0 unspecified atom stereocenters. The molecule has 20 heavy (non-hydrogen) atoms. The Morgan fingerprint density at radius 3 is 3.00 bits per heavy atom. The Kier molecular flexibility index (Phi) is 3.67. The molecule has 1 aromatic heterocycles. The van der Waals surface area contributed by atoms with Crippen LogP contribution in [0.5, 0.6) is 0 Å². The molecular weight excluding hydrogens is 338 g/mol. The van der Waals surface area contributed by atoms with Gasteiger partial charge in [0.05, 0.1) is 17.9 Å². The number of hydrogen-bond donors (Lipinski definition) is 3. The number of nitrogens with two attached hydrogens (primary N) is 1. The summed E-state index contributed by atoms with van der Waals surface area (Å²) in [7, 11) is 0. The summed E-state index contributed by atoms with van der Waals surface area (Å²) < 4.78 is 1.11. The van der Waals surface area contributed by atoms with Crippen LogP contribution in [0, 0.1) is 0 Å². The number of fused-ring (bicyclic) bond motifs is 1. The second kappa shape index (κ2) is 5.46. The predicted octanol–water partition coefficient (Wildman–Crippen LogP) is 3.59. The number of aryl methyl sites for hydroxylation is 1. The number of carbonyl (C=O) groups is 1. The van der Waals surface area contributed by atoms with Crippen LogP contribution in [-0.4, -0.2) is 5.91 Å². The number of benzene rings is 1. The molecule has 1 aliphatic heterocycles. The fourth-order valence-corrected chi connectivity index (χ4v) is 3.66. The highest BCUT2D eigenvalue weighted by atomic mass is 79.9. The number of rotatable bonds is 3. The van der Waals surface area contributed by atoms with Crippen LogP contribution in [0.15, 0.2) is 28.1 Å². The van der Waals surface area contributed by atoms with E-state index in [4.69, 9.17) is 5.73 Å². The largest absolute Gasteiger partial charge is 0.397 e. The first-order valence-electron chi connectivity index (χ1n) is 6.31. The summed E-state index contributed by atoms with van der Waals surface area (Å²) in [5, 5.41) is 8.26. The summed E-state index contributed by atoms with van der Waals surface area (Å²) in [5.74, 6) is 0.0557. The molecule has 2 heterocycles. The Morgan fingerprint density at radius 1 is 1.40 bits per heavy atom. The van der Waals surface area contributed by atoms with Crippen molar-refractivity contribution in [2.24, 2.45) is 0 Å². The van der Waals surface area contributed by atoms with Crippen molar-refractivity contribution in [2.45, 2.75) is 19.4 Å². The Labute approximate surface area is 129 Å². The first-order chi connectivity index (χ1) is 9.63. The number of amides is 1. The third kappa shape index (κ3) is 2.66. The van der Waals surface area contributed by atoms with Crippen LogP contribution in [0.3, 0.4) is 0 Å². The molecule has 0 aliphatic carbocycles. The Balaban J connectivity index is 1.80. The zero-order chi connectivity index (χ0) is 14.1. The maximum atomic E-state index is 11.4. The van der Waals surface area contributed by atoms with Gasteiger partial charge in [0.25, 0.3) is 0 Å². The van der Waals surface area contributed by atoms with Crippen molar-refractivity contribution in [2.75, 3.05) is 16.4 Å². The standard InChI is InChI=1S/C14H14BrN3OS/c15-9-3-4-20-13(9)7-17-12-5-8-1-2-14(19)18-11(8)6-10(12)16/h3-6,17H,1-2,7,16H2,(H,18,19). The quantitative estimate of drug-likeness (QED) is 0.740. The molecule has 0 atom stereocenters. The minimum absolute atomic E-state index is 0.0557. The number of nitrogens with one attached hydrogen (secondary N) is 2. The smallest absolute Gasteiger partial charge is 0.224 e. The summed E-state index contributed by atoms with van der Waals surface area (Å²) in [4.78, 5) is 12.6. The molecule has 0 bridgehead atoms. The van der Waals surface area contributed by atoms with Crippen LogP contribution in [0.1, 0.15) is 16.9 Å². The van der Waals surface area contributed by atoms with Gasteiger partial charge in [-0.3, -0.25) is 4.79 Å². The molecule has 4 nitrogen and oxygen atoms in total. The number of halogens is 1. The Hall–Kier alpha value is -1.53. The highest BCUT2D eigenvalue weighted by Gasteiger charge is 2.16. The van der Waals surface area contributed by atoms with Crippen molar-refractivity contribution in [3.8, 4) is 0 Å². The second-order valence-electron chi connectivity index (χ2n) is 4.69. The van der Waals surface area contributed by atoms with Gasteiger partial charge in [0.1, 0.15) is 0 Å². The number of hydrogen-bond acceptors (Lipinski definition) is 4. The monoisotopic (exact) mass is 351 g/mol. The molecule has 0 saturated heterocycles. The Morgan fingerprint density at radius 2 is 2.25 bits per heavy atom. The maximum Gasteiger partial charge on any atom is 0.224 e. The van der Waals surface area contributed by atoms with Crippen molar-refractivity contribution in [1.29, 1.82) is 0 Å². The van der Waals surface area contributed by atoms with Crippen molar-refractivity contribution in [3.05, 3.63) is 38.5 Å². The molecule has 3 rings (SSSR count). The fourth-order valence-electron chi connectivity index (χ4n) is 2.23. The van der Waals surface area contributed by atoms with Gasteiger partial charge in [0.15, 0.2) is 0 Å². The third-order valence-corrected chi connectivity index (χ3v) is 5.23. The van der Waals surface area contributed by atoms with Gasteiger partial charge in [-0.2, -0.15) is 0 Å². The lowest BCUT2D eigenvalue weighted by atomic mass is 10.0. The lowest BCUT2D eigenvalue weighted by molar-refractivity contribution is -0.116. The van der Waals surface area contributed by atoms with Gasteiger partial charge in [-0.1, -0.05) is 0 Å². The normalized spacial score (nSPS) is 13.8. The molecule has 1 aromatic carbocycles. The van der Waals surface area contributed by atoms with E-state index < -0.39 is 0 Å². The number of anilines is 3. The summed E-state index contributed by atoms with van der Waals surface area (Å²) in [6.45, 7) is 0.730. The zero-order valence-corrected chi connectivity index (χ0v) is 13.1. The summed E-state index contributed by atoms with van der Waals surface area (Å²) in [6.07, 6.45) is 1.30. The number of thiophene rings is 1. The van der Waals surface area contributed by atoms with Gasteiger partial charge in [0, 0.05) is 21.5 Å². The lowest BCUT2D eigenvalue weighted by Crippen LogP contribution is -2.19. The summed E-state index contributed by atoms with van der Waals surface area (Å²) in [5.41, 5.74) is 9.58. The van der Waals surface area contributed by atoms with Crippen molar-refractivity contribution in [1.82, 2.24) is 0 Å². The first-order valence-corrected chi connectivity index (χ1v) is 7.99. The molecular formula is C14H14BrN3OS. The summed E-state index contributed by atoms with van der Waals surface area (Å²) >= 11 is 5.21. The van der Waals surface area contributed by atoms with E-state index in [2.05, 4.69) is 26.6 Å². The average molecular weight is 352 g/mol. The minimum atomic E-state index is 0.0557. The topological polar surface area (TPSA) is 67.1 Å². The molecule has 1 amide bonds. The Bertz CT molecular complexity index is 668. The van der Waals surface area contributed by atoms with E-state index in [0.717, 1.165) is 34.4 Å². The van der Waals surface area contributed by atoms with Crippen LogP contribution in [0.25, 0.3) is 0 Å². The van der Waals surface area contributed by atoms with E-state index in [0.29, 0.717) is 12.1 Å². The van der Waals surface area contributed by atoms with E-state index >= 15 is 0 Å². The van der Waals surface area contributed by atoms with Gasteiger partial charge in [-0.05, 0) is 51.5 Å². The third-order valence-electron chi connectivity index (χ3n) is 3.30. The van der Waals surface area contributed by atoms with E-state index in [9.17, 15) is 4.79 Å². The molecule has 2 aromatic rings. The van der Waals surface area contributed by atoms with Crippen LogP contribution in [0.2, 0.25) is 0 Å². The zero-order valence-electron chi connectivity index (χ0n) is 10.7. The van der Waals surface area contributed by atoms with Crippen molar-refractivity contribution < 1.29 is 4.79 Å². The molecule has 6 heteroatoms. The maximum absolute atomic E-state index is 11.4. The predicted molar refractivity (Wildman–Crippen MR) is 87.2 cm³/mol. The van der Waals surface area contributed by atoms with Crippen LogP contribution < -0.4 is 16.4 Å². The highest BCUT2D eigenvalue weighted by Crippen LogP contribution is 2.32. The van der Waals surface area contributed by atoms with Crippen LogP contribution in [0.4, 0.5) is 17.1 Å². The lowest BCUT2D eigenvalue weighted by Gasteiger charge is -2.19. The molecule has 0 saturated carbocycles. The van der Waals surface area contributed by atoms with Gasteiger partial charge >= 0.3 is 0 Å². The van der Waals surface area contributed by atoms with E-state index in [-0.39, 0.29) is 5.91 Å². The van der Waals surface area contributed by atoms with Gasteiger partial charge in [-0.25, -0.2) is 0 Å². The minimum Gasteiger partial charge on any atom is -0.397 e. The van der Waals surface area contributed by atoms with Gasteiger partial charge < -0.3 is 16.4 Å². The van der Waals surface area contributed by atoms with Crippen LogP contribution >= 0.6 is 27.3 Å². The molecule has 1 aliphatic rings. The van der Waals surface area contributed by atoms with Gasteiger partial charge in [0.2, 0.25) is 5.91 Å². The summed E-state index contributed by atoms with van der Waals surface area (Å²) in [6, 6.07) is 5.90. The SMILES string of the molecule is Nc1cc2c(cc1NCc1sccc1Br)CCC(=O)N2. The van der Waals surface area contributed by atoms with Crippen LogP contribution in [-0.2, 0) is 17.8 Å². The first kappa shape index (κ1) is 13.5. The number of carbonyl (C=O) groups excluding carboxylic acids is 1. The fraction of sp³-hybridized carbons (Fsp3) is 0.214. The average Bonchev–Trinajstić information content (AvgIpc) is 2.82. The second-order valence-corrected chi connectivity index (χ2v) is 6.55. The van der Waals surface area contributed by atoms with Crippen molar-refractivity contribution >= 4 is 50.2 Å². The molecule has 0 fully saturated rings. The van der Waals surface area contributed by atoms with E-state index in [1.165, 1.54) is 4.88 Å². The highest BCUT2D eigenvalue weighted by molar-refractivity contribution is 9.10. The molecule has 0 radical (unpaired) electrons. The van der Waals surface area contributed by atoms with Crippen molar-refractivity contribution in [3.63, 3.8) is 0 Å². The van der Waals surface area contributed by atoms with Gasteiger partial charge in [-0.15, -0.1) is 11.3 Å². The molecule has 4 N–H and O–H groups in total. The molecule has 0 spiro atoms. The molecule has 104 valence electrons. The number of nitrogen functional groups attached to an aromatic ring is 1. The van der Waals surface area contributed by atoms with E-state index in [1.807, 2.05) is 23.6 Å².